The number of ether oxygens (including phenoxy) is 2. The molecule has 0 aromatic rings. The lowest BCUT2D eigenvalue weighted by molar-refractivity contribution is 0.0264. The maximum absolute atomic E-state index is 12.1. The van der Waals surface area contributed by atoms with Crippen LogP contribution < -0.4 is 10.6 Å². The molecule has 26 heavy (non-hydrogen) atoms. The Bertz CT molecular complexity index is 410. The summed E-state index contributed by atoms with van der Waals surface area (Å²) in [5.41, 5.74) is -0.481. The molecule has 2 N–H and O–H groups in total. The first-order valence-corrected chi connectivity index (χ1v) is 9.33. The highest BCUT2D eigenvalue weighted by Gasteiger charge is 2.20. The van der Waals surface area contributed by atoms with Crippen LogP contribution in [0, 0.1) is 0 Å². The average Bonchev–Trinajstić information content (AvgIpc) is 2.55. The van der Waals surface area contributed by atoms with Crippen molar-refractivity contribution in [2.45, 2.75) is 39.7 Å². The van der Waals surface area contributed by atoms with Gasteiger partial charge < -0.3 is 29.9 Å². The molecule has 0 saturated heterocycles. The largest absolute Gasteiger partial charge is 0.444 e. The number of aliphatic imine (C=N–C) groups is 1. The van der Waals surface area contributed by atoms with Gasteiger partial charge >= 0.3 is 6.09 Å². The van der Waals surface area contributed by atoms with Crippen LogP contribution >= 0.6 is 0 Å². The van der Waals surface area contributed by atoms with Gasteiger partial charge in [0, 0.05) is 60.0 Å². The molecule has 0 fully saturated rings. The Balaban J connectivity index is 4.08. The molecular weight excluding hydrogens is 334 g/mol. The molecule has 0 spiro atoms. The molecule has 0 atom stereocenters. The predicted molar refractivity (Wildman–Crippen MR) is 107 cm³/mol. The third kappa shape index (κ3) is 12.8. The normalized spacial score (nSPS) is 12.2. The molecule has 0 aliphatic heterocycles. The molecule has 8 heteroatoms. The lowest BCUT2D eigenvalue weighted by atomic mass is 10.2. The SMILES string of the molecule is CCN(CCNC(=NC)NCCN(C)CCCOC)C(=O)OC(C)(C)C. The number of methoxy groups -OCH3 is 1. The van der Waals surface area contributed by atoms with Crippen LogP contribution in [0.2, 0.25) is 0 Å². The number of nitrogens with zero attached hydrogens (tertiary/aromatic N) is 3. The predicted octanol–water partition coefficient (Wildman–Crippen LogP) is 1.38. The second-order valence-electron chi connectivity index (χ2n) is 7.14. The number of hydrogen-bond acceptors (Lipinski definition) is 5. The van der Waals surface area contributed by atoms with Crippen LogP contribution in [0.15, 0.2) is 4.99 Å². The summed E-state index contributed by atoms with van der Waals surface area (Å²) in [5, 5.41) is 6.51. The number of hydrogen-bond donors (Lipinski definition) is 2. The van der Waals surface area contributed by atoms with Crippen LogP contribution in [-0.2, 0) is 9.47 Å². The van der Waals surface area contributed by atoms with Gasteiger partial charge in [-0.15, -0.1) is 0 Å². The summed E-state index contributed by atoms with van der Waals surface area (Å²) in [4.78, 5) is 20.2. The van der Waals surface area contributed by atoms with Crippen LogP contribution in [0.5, 0.6) is 0 Å². The number of carbonyl (C=O) groups excluding carboxylic acids is 1. The van der Waals surface area contributed by atoms with E-state index < -0.39 is 5.60 Å². The van der Waals surface area contributed by atoms with Crippen molar-refractivity contribution in [2.24, 2.45) is 4.99 Å². The molecule has 0 radical (unpaired) electrons. The summed E-state index contributed by atoms with van der Waals surface area (Å²) in [6.07, 6.45) is 0.736. The van der Waals surface area contributed by atoms with Gasteiger partial charge in [-0.3, -0.25) is 4.99 Å². The van der Waals surface area contributed by atoms with Crippen molar-refractivity contribution in [3.05, 3.63) is 0 Å². The number of likely N-dealkylation sites (N-methyl/N-ethyl adjacent to an activating group) is 2. The monoisotopic (exact) mass is 373 g/mol. The van der Waals surface area contributed by atoms with Gasteiger partial charge in [0.1, 0.15) is 5.60 Å². The van der Waals surface area contributed by atoms with Gasteiger partial charge in [-0.05, 0) is 41.2 Å². The van der Waals surface area contributed by atoms with Gasteiger partial charge in [0.2, 0.25) is 0 Å². The lowest BCUT2D eigenvalue weighted by Gasteiger charge is -2.26. The third-order valence-corrected chi connectivity index (χ3v) is 3.61. The molecule has 1 amide bonds. The number of rotatable bonds is 11. The molecule has 0 unspecified atom stereocenters. The highest BCUT2D eigenvalue weighted by atomic mass is 16.6. The molecule has 0 rings (SSSR count). The number of nitrogens with one attached hydrogen (secondary N) is 2. The second-order valence-corrected chi connectivity index (χ2v) is 7.14. The van der Waals surface area contributed by atoms with Gasteiger partial charge in [-0.1, -0.05) is 0 Å². The number of guanidine groups is 1. The van der Waals surface area contributed by atoms with Crippen molar-refractivity contribution in [1.82, 2.24) is 20.4 Å². The minimum Gasteiger partial charge on any atom is -0.444 e. The Kier molecular flexibility index (Phi) is 12.8. The molecule has 154 valence electrons. The highest BCUT2D eigenvalue weighted by Crippen LogP contribution is 2.09. The van der Waals surface area contributed by atoms with E-state index in [0.717, 1.165) is 38.6 Å². The Morgan fingerprint density at radius 1 is 1.12 bits per heavy atom. The van der Waals surface area contributed by atoms with Crippen molar-refractivity contribution in [1.29, 1.82) is 0 Å². The summed E-state index contributed by atoms with van der Waals surface area (Å²) in [5.74, 6) is 0.732. The fraction of sp³-hybridized carbons (Fsp3) is 0.889. The van der Waals surface area contributed by atoms with E-state index in [4.69, 9.17) is 9.47 Å². The topological polar surface area (TPSA) is 78.4 Å². The first-order valence-electron chi connectivity index (χ1n) is 9.33. The molecule has 0 aromatic heterocycles. The zero-order valence-electron chi connectivity index (χ0n) is 17.7. The third-order valence-electron chi connectivity index (χ3n) is 3.61. The van der Waals surface area contributed by atoms with E-state index in [2.05, 4.69) is 27.6 Å². The molecule has 0 aliphatic rings. The molecule has 8 nitrogen and oxygen atoms in total. The van der Waals surface area contributed by atoms with E-state index >= 15 is 0 Å². The zero-order valence-corrected chi connectivity index (χ0v) is 17.7. The van der Waals surface area contributed by atoms with Gasteiger partial charge in [0.15, 0.2) is 5.96 Å². The van der Waals surface area contributed by atoms with E-state index in [-0.39, 0.29) is 6.09 Å². The Morgan fingerprint density at radius 2 is 1.73 bits per heavy atom. The fourth-order valence-electron chi connectivity index (χ4n) is 2.19. The quantitative estimate of drug-likeness (QED) is 0.324. The van der Waals surface area contributed by atoms with Crippen molar-refractivity contribution in [3.8, 4) is 0 Å². The van der Waals surface area contributed by atoms with Crippen LogP contribution in [0.1, 0.15) is 34.1 Å². The maximum Gasteiger partial charge on any atom is 0.410 e. The summed E-state index contributed by atoms with van der Waals surface area (Å²) in [6.45, 7) is 12.8. The number of carbonyl (C=O) groups is 1. The summed E-state index contributed by atoms with van der Waals surface area (Å²) in [7, 11) is 5.55. The summed E-state index contributed by atoms with van der Waals surface area (Å²) >= 11 is 0. The standard InChI is InChI=1S/C18H39N5O3/c1-8-23(17(24)26-18(2,3)4)14-11-21-16(19-5)20-10-13-22(6)12-9-15-25-7/h8-15H2,1-7H3,(H2,19,20,21). The van der Waals surface area contributed by atoms with Gasteiger partial charge in [0.05, 0.1) is 0 Å². The Morgan fingerprint density at radius 3 is 2.23 bits per heavy atom. The lowest BCUT2D eigenvalue weighted by Crippen LogP contribution is -2.45. The van der Waals surface area contributed by atoms with Crippen LogP contribution in [0.25, 0.3) is 0 Å². The summed E-state index contributed by atoms with van der Waals surface area (Å²) < 4.78 is 10.5. The van der Waals surface area contributed by atoms with Gasteiger partial charge in [0.25, 0.3) is 0 Å². The smallest absolute Gasteiger partial charge is 0.410 e. The highest BCUT2D eigenvalue weighted by molar-refractivity contribution is 5.79. The molecule has 0 saturated carbocycles. The van der Waals surface area contributed by atoms with Gasteiger partial charge in [-0.25, -0.2) is 4.79 Å². The molecule has 0 heterocycles. The minimum atomic E-state index is -0.481. The van der Waals surface area contributed by atoms with Crippen molar-refractivity contribution in [3.63, 3.8) is 0 Å². The van der Waals surface area contributed by atoms with Crippen LogP contribution in [0.4, 0.5) is 4.79 Å². The first-order chi connectivity index (χ1) is 12.2. The van der Waals surface area contributed by atoms with E-state index in [1.165, 1.54) is 0 Å². The molecule has 0 bridgehead atoms. The summed E-state index contributed by atoms with van der Waals surface area (Å²) in [6, 6.07) is 0. The van der Waals surface area contributed by atoms with E-state index in [1.54, 1.807) is 19.1 Å². The van der Waals surface area contributed by atoms with Crippen molar-refractivity contribution in [2.75, 3.05) is 67.1 Å². The minimum absolute atomic E-state index is 0.289. The van der Waals surface area contributed by atoms with Crippen molar-refractivity contribution >= 4 is 12.1 Å². The average molecular weight is 374 g/mol. The Hall–Kier alpha value is -1.54. The molecular formula is C18H39N5O3. The van der Waals surface area contributed by atoms with Gasteiger partial charge in [-0.2, -0.15) is 0 Å². The second kappa shape index (κ2) is 13.6. The van der Waals surface area contributed by atoms with Crippen molar-refractivity contribution < 1.29 is 14.3 Å². The molecule has 0 aromatic carbocycles. The van der Waals surface area contributed by atoms with E-state index in [1.807, 2.05) is 27.7 Å². The molecule has 0 aliphatic carbocycles. The number of amides is 1. The Labute approximate surface area is 159 Å². The fourth-order valence-corrected chi connectivity index (χ4v) is 2.19. The van der Waals surface area contributed by atoms with E-state index in [0.29, 0.717) is 19.6 Å². The van der Waals surface area contributed by atoms with Crippen LogP contribution in [-0.4, -0.2) is 94.5 Å². The zero-order chi connectivity index (χ0) is 20.0. The maximum atomic E-state index is 12.1. The van der Waals surface area contributed by atoms with Crippen LogP contribution in [0.3, 0.4) is 0 Å². The first kappa shape index (κ1) is 24.5. The van der Waals surface area contributed by atoms with E-state index in [9.17, 15) is 4.79 Å².